The van der Waals surface area contributed by atoms with Crippen molar-refractivity contribution in [3.8, 4) is 0 Å². The topological polar surface area (TPSA) is 105 Å². The van der Waals surface area contributed by atoms with Crippen LogP contribution in [0.15, 0.2) is 48.5 Å². The zero-order valence-electron chi connectivity index (χ0n) is 28.6. The van der Waals surface area contributed by atoms with Crippen molar-refractivity contribution in [3.63, 3.8) is 0 Å². The van der Waals surface area contributed by atoms with E-state index in [-0.39, 0.29) is 23.4 Å². The molecule has 0 aliphatic carbocycles. The molecule has 9 nitrogen and oxygen atoms in total. The molecule has 0 radical (unpaired) electrons. The molecule has 1 unspecified atom stereocenters. The number of rotatable bonds is 10. The lowest BCUT2D eigenvalue weighted by molar-refractivity contribution is -0.192. The third kappa shape index (κ3) is 10.7. The number of benzene rings is 2. The molecule has 49 heavy (non-hydrogen) atoms. The first-order valence-electron chi connectivity index (χ1n) is 17.1. The molecule has 3 heterocycles. The van der Waals surface area contributed by atoms with Crippen LogP contribution in [0.25, 0.3) is 0 Å². The van der Waals surface area contributed by atoms with Gasteiger partial charge in [0.2, 0.25) is 11.8 Å². The van der Waals surface area contributed by atoms with Gasteiger partial charge >= 0.3 is 12.1 Å². The van der Waals surface area contributed by atoms with Crippen molar-refractivity contribution in [1.29, 1.82) is 0 Å². The fourth-order valence-corrected chi connectivity index (χ4v) is 7.50. The smallest absolute Gasteiger partial charge is 0.475 e. The van der Waals surface area contributed by atoms with Crippen LogP contribution in [0.2, 0.25) is 5.02 Å². The molecule has 2 amide bonds. The number of fused-ring (bicyclic) bond motifs is 1. The third-order valence-electron chi connectivity index (χ3n) is 9.87. The number of aliphatic carboxylic acids is 1. The number of alkyl halides is 3. The SMILES string of the molecule is CCN1CCC(CC(C)C)(N2CCN(C(=O)[C@@H](Cc3ccc(Cl)cc3)NC(=O)CC3NCc4ccccc43)CC2)CC1.O=C(O)C(F)(F)F. The number of carboxylic acid groups (broad SMARTS) is 1. The number of piperidine rings is 1. The summed E-state index contributed by atoms with van der Waals surface area (Å²) in [5.41, 5.74) is 3.61. The predicted octanol–water partition coefficient (Wildman–Crippen LogP) is 5.28. The highest BCUT2D eigenvalue weighted by Gasteiger charge is 2.42. The second-order valence-corrected chi connectivity index (χ2v) is 14.1. The summed E-state index contributed by atoms with van der Waals surface area (Å²) in [5, 5.41) is 14.4. The van der Waals surface area contributed by atoms with Crippen LogP contribution in [0, 0.1) is 5.92 Å². The lowest BCUT2D eigenvalue weighted by Gasteiger charge is -2.52. The summed E-state index contributed by atoms with van der Waals surface area (Å²) in [7, 11) is 0. The number of carbonyl (C=O) groups excluding carboxylic acids is 2. The number of piperazine rings is 1. The van der Waals surface area contributed by atoms with Gasteiger partial charge < -0.3 is 25.5 Å². The van der Waals surface area contributed by atoms with Crippen molar-refractivity contribution in [1.82, 2.24) is 25.3 Å². The average Bonchev–Trinajstić information content (AvgIpc) is 3.47. The number of nitrogens with one attached hydrogen (secondary N) is 2. The molecular formula is C36H49ClF3N5O4. The van der Waals surface area contributed by atoms with Gasteiger partial charge in [0.25, 0.3) is 0 Å². The van der Waals surface area contributed by atoms with Crippen LogP contribution in [-0.2, 0) is 27.3 Å². The maximum atomic E-state index is 14.0. The minimum absolute atomic E-state index is 0.0106. The molecule has 3 N–H and O–H groups in total. The first-order chi connectivity index (χ1) is 23.2. The molecule has 0 saturated carbocycles. The zero-order chi connectivity index (χ0) is 35.8. The molecule has 0 aromatic heterocycles. The minimum Gasteiger partial charge on any atom is -0.475 e. The van der Waals surface area contributed by atoms with Gasteiger partial charge in [-0.3, -0.25) is 14.5 Å². The molecule has 2 atom stereocenters. The van der Waals surface area contributed by atoms with E-state index in [1.807, 2.05) is 41.3 Å². The average molecular weight is 708 g/mol. The highest BCUT2D eigenvalue weighted by Crippen LogP contribution is 2.36. The second-order valence-electron chi connectivity index (χ2n) is 13.7. The fraction of sp³-hybridized carbons (Fsp3) is 0.583. The van der Waals surface area contributed by atoms with Crippen molar-refractivity contribution >= 4 is 29.4 Å². The quantitative estimate of drug-likeness (QED) is 0.309. The van der Waals surface area contributed by atoms with Crippen LogP contribution >= 0.6 is 11.6 Å². The van der Waals surface area contributed by atoms with Crippen LogP contribution in [0.5, 0.6) is 0 Å². The van der Waals surface area contributed by atoms with Crippen LogP contribution < -0.4 is 10.6 Å². The Hall–Kier alpha value is -3.19. The Kier molecular flexibility index (Phi) is 13.5. The van der Waals surface area contributed by atoms with Crippen molar-refractivity contribution in [2.75, 3.05) is 45.8 Å². The number of likely N-dealkylation sites (tertiary alicyclic amines) is 1. The number of halogens is 4. The highest BCUT2D eigenvalue weighted by atomic mass is 35.5. The van der Waals surface area contributed by atoms with Crippen LogP contribution in [-0.4, -0.2) is 101 Å². The Morgan fingerprint density at radius 2 is 1.61 bits per heavy atom. The second kappa shape index (κ2) is 17.2. The summed E-state index contributed by atoms with van der Waals surface area (Å²) in [6, 6.07) is 15.2. The molecule has 3 aliphatic rings. The van der Waals surface area contributed by atoms with Gasteiger partial charge in [0.1, 0.15) is 6.04 Å². The number of amides is 2. The van der Waals surface area contributed by atoms with Crippen LogP contribution in [0.3, 0.4) is 0 Å². The summed E-state index contributed by atoms with van der Waals surface area (Å²) in [6.07, 6.45) is -0.740. The van der Waals surface area contributed by atoms with Gasteiger partial charge in [-0.1, -0.05) is 68.8 Å². The lowest BCUT2D eigenvalue weighted by Crippen LogP contribution is -2.63. The molecule has 3 aliphatic heterocycles. The Morgan fingerprint density at radius 3 is 2.18 bits per heavy atom. The standard InChI is InChI=1S/C34H48ClN5O2.C2HF3O2/c1-4-38-15-13-34(14-16-38,23-25(2)3)40-19-17-39(18-20-40)33(42)31(21-26-9-11-28(35)12-10-26)37-32(41)22-30-29-8-6-5-7-27(29)24-36-30;3-2(4,5)1(6)7/h5-12,25,30-31,36H,4,13-24H2,1-3H3,(H,37,41);(H,6,7)/t30?,31-;/m1./s1. The lowest BCUT2D eigenvalue weighted by atomic mass is 9.78. The van der Waals surface area contributed by atoms with Gasteiger partial charge in [-0.2, -0.15) is 13.2 Å². The maximum Gasteiger partial charge on any atom is 0.490 e. The van der Waals surface area contributed by atoms with E-state index in [2.05, 4.69) is 53.3 Å². The van der Waals surface area contributed by atoms with Crippen molar-refractivity contribution in [3.05, 3.63) is 70.2 Å². The summed E-state index contributed by atoms with van der Waals surface area (Å²) in [4.78, 5) is 43.5. The first kappa shape index (κ1) is 38.6. The molecule has 13 heteroatoms. The van der Waals surface area contributed by atoms with E-state index in [4.69, 9.17) is 21.5 Å². The number of hydrogen-bond acceptors (Lipinski definition) is 6. The van der Waals surface area contributed by atoms with E-state index in [1.54, 1.807) is 0 Å². The summed E-state index contributed by atoms with van der Waals surface area (Å²) < 4.78 is 31.7. The Labute approximate surface area is 292 Å². The molecule has 0 bridgehead atoms. The Bertz CT molecular complexity index is 1410. The molecule has 2 aromatic carbocycles. The number of carbonyl (C=O) groups is 3. The van der Waals surface area contributed by atoms with Gasteiger partial charge in [-0.15, -0.1) is 0 Å². The molecule has 5 rings (SSSR count). The maximum absolute atomic E-state index is 14.0. The predicted molar refractivity (Wildman–Crippen MR) is 183 cm³/mol. The van der Waals surface area contributed by atoms with Gasteiger partial charge in [-0.05, 0) is 73.6 Å². The van der Waals surface area contributed by atoms with Crippen molar-refractivity contribution in [2.24, 2.45) is 5.92 Å². The van der Waals surface area contributed by atoms with Crippen LogP contribution in [0.4, 0.5) is 13.2 Å². The van der Waals surface area contributed by atoms with E-state index in [9.17, 15) is 22.8 Å². The zero-order valence-corrected chi connectivity index (χ0v) is 29.3. The Balaban J connectivity index is 0.000000698. The molecular weight excluding hydrogens is 659 g/mol. The summed E-state index contributed by atoms with van der Waals surface area (Å²) in [5.74, 6) is -2.21. The third-order valence-corrected chi connectivity index (χ3v) is 10.1. The van der Waals surface area contributed by atoms with Crippen molar-refractivity contribution < 1.29 is 32.7 Å². The van der Waals surface area contributed by atoms with E-state index >= 15 is 0 Å². The number of carboxylic acids is 1. The Morgan fingerprint density at radius 1 is 1.00 bits per heavy atom. The largest absolute Gasteiger partial charge is 0.490 e. The van der Waals surface area contributed by atoms with Gasteiger partial charge in [-0.25, -0.2) is 4.79 Å². The van der Waals surface area contributed by atoms with Crippen LogP contribution in [0.1, 0.15) is 69.2 Å². The minimum atomic E-state index is -5.08. The molecule has 270 valence electrons. The van der Waals surface area contributed by atoms with E-state index in [1.165, 1.54) is 30.4 Å². The molecule has 0 spiro atoms. The molecule has 2 fully saturated rings. The van der Waals surface area contributed by atoms with E-state index in [0.29, 0.717) is 36.9 Å². The van der Waals surface area contributed by atoms with E-state index < -0.39 is 18.2 Å². The first-order valence-corrected chi connectivity index (χ1v) is 17.5. The molecule has 2 aromatic rings. The van der Waals surface area contributed by atoms with E-state index in [0.717, 1.165) is 44.8 Å². The fourth-order valence-electron chi connectivity index (χ4n) is 7.37. The summed E-state index contributed by atoms with van der Waals surface area (Å²) >= 11 is 6.13. The number of hydrogen-bond donors (Lipinski definition) is 3. The normalized spacial score (nSPS) is 20.2. The number of nitrogens with zero attached hydrogens (tertiary/aromatic N) is 3. The summed E-state index contributed by atoms with van der Waals surface area (Å²) in [6.45, 7) is 14.3. The van der Waals surface area contributed by atoms with Crippen molar-refractivity contribution in [2.45, 2.75) is 83.2 Å². The molecule has 2 saturated heterocycles. The monoisotopic (exact) mass is 707 g/mol. The van der Waals surface area contributed by atoms with Gasteiger partial charge in [0.15, 0.2) is 0 Å². The highest BCUT2D eigenvalue weighted by molar-refractivity contribution is 6.30. The van der Waals surface area contributed by atoms with Gasteiger partial charge in [0.05, 0.1) is 0 Å². The van der Waals surface area contributed by atoms with Gasteiger partial charge in [0, 0.05) is 62.2 Å².